The Morgan fingerprint density at radius 2 is 1.77 bits per heavy atom. The molecule has 4 rings (SSSR count). The molecule has 1 fully saturated rings. The Kier molecular flexibility index (Phi) is 5.47. The van der Waals surface area contributed by atoms with Gasteiger partial charge in [-0.1, -0.05) is 0 Å². The zero-order chi connectivity index (χ0) is 21.1. The summed E-state index contributed by atoms with van der Waals surface area (Å²) in [5.41, 5.74) is 0.325. The molecule has 7 nitrogen and oxygen atoms in total. The number of halogens is 3. The third-order valence-electron chi connectivity index (χ3n) is 5.19. The van der Waals surface area contributed by atoms with Crippen molar-refractivity contribution in [1.29, 1.82) is 0 Å². The van der Waals surface area contributed by atoms with Crippen LogP contribution in [0.25, 0.3) is 11.3 Å². The lowest BCUT2D eigenvalue weighted by atomic mass is 9.96. The molecular weight excluding hydrogens is 397 g/mol. The molecule has 3 aromatic rings. The van der Waals surface area contributed by atoms with Crippen LogP contribution < -0.4 is 10.5 Å². The van der Waals surface area contributed by atoms with Crippen molar-refractivity contribution in [2.45, 2.75) is 25.6 Å². The molecule has 0 radical (unpaired) electrons. The van der Waals surface area contributed by atoms with Crippen molar-refractivity contribution in [3.63, 3.8) is 0 Å². The van der Waals surface area contributed by atoms with Gasteiger partial charge in [-0.15, -0.1) is 10.2 Å². The van der Waals surface area contributed by atoms with E-state index >= 15 is 0 Å². The van der Waals surface area contributed by atoms with Crippen LogP contribution in [0.15, 0.2) is 53.8 Å². The average Bonchev–Trinajstić information content (AvgIpc) is 2.76. The van der Waals surface area contributed by atoms with E-state index in [2.05, 4.69) is 20.2 Å². The van der Waals surface area contributed by atoms with Gasteiger partial charge in [0.15, 0.2) is 11.5 Å². The monoisotopic (exact) mass is 416 g/mol. The zero-order valence-corrected chi connectivity index (χ0v) is 16.0. The fourth-order valence-corrected chi connectivity index (χ4v) is 3.51. The van der Waals surface area contributed by atoms with Crippen LogP contribution in [-0.2, 0) is 12.7 Å². The van der Waals surface area contributed by atoms with Gasteiger partial charge in [0.1, 0.15) is 0 Å². The van der Waals surface area contributed by atoms with Crippen LogP contribution in [0, 0.1) is 5.92 Å². The minimum absolute atomic E-state index is 0.118. The number of pyridine rings is 1. The van der Waals surface area contributed by atoms with Gasteiger partial charge < -0.3 is 4.90 Å². The molecule has 10 heteroatoms. The largest absolute Gasteiger partial charge is 0.435 e. The summed E-state index contributed by atoms with van der Waals surface area (Å²) in [6.07, 6.45) is 1.95. The first kappa shape index (κ1) is 20.0. The van der Waals surface area contributed by atoms with Crippen LogP contribution in [0.5, 0.6) is 0 Å². The Bertz CT molecular complexity index is 1040. The van der Waals surface area contributed by atoms with E-state index in [1.807, 2.05) is 4.90 Å². The fraction of sp³-hybridized carbons (Fsp3) is 0.350. The molecule has 4 heterocycles. The Morgan fingerprint density at radius 3 is 2.37 bits per heavy atom. The van der Waals surface area contributed by atoms with Gasteiger partial charge in [0.25, 0.3) is 5.56 Å². The molecule has 0 saturated carbocycles. The molecule has 0 aromatic carbocycles. The lowest BCUT2D eigenvalue weighted by Gasteiger charge is -2.32. The number of rotatable bonds is 4. The standard InChI is InChI=1S/C20H19F3N6O/c21-20(22,23)17-1-2-18(27-26-17)28-9-5-14(6-10-28)12-29-13-25-16(11-19(29)30)15-3-7-24-8-4-15/h1-4,7-8,11,13-14H,5-6,9-10,12H2. The van der Waals surface area contributed by atoms with Crippen molar-refractivity contribution in [2.24, 2.45) is 5.92 Å². The summed E-state index contributed by atoms with van der Waals surface area (Å²) in [5, 5.41) is 7.00. The Labute approximate surface area is 170 Å². The summed E-state index contributed by atoms with van der Waals surface area (Å²) < 4.78 is 39.5. The lowest BCUT2D eigenvalue weighted by Crippen LogP contribution is -2.37. The Morgan fingerprint density at radius 1 is 1.03 bits per heavy atom. The van der Waals surface area contributed by atoms with E-state index in [4.69, 9.17) is 0 Å². The van der Waals surface area contributed by atoms with Gasteiger partial charge in [0.05, 0.1) is 12.0 Å². The lowest BCUT2D eigenvalue weighted by molar-refractivity contribution is -0.141. The summed E-state index contributed by atoms with van der Waals surface area (Å²) in [6.45, 7) is 1.83. The second-order valence-corrected chi connectivity index (χ2v) is 7.21. The molecule has 0 amide bonds. The van der Waals surface area contributed by atoms with E-state index in [1.54, 1.807) is 35.4 Å². The van der Waals surface area contributed by atoms with Crippen LogP contribution in [-0.4, -0.2) is 37.8 Å². The van der Waals surface area contributed by atoms with E-state index in [1.165, 1.54) is 12.1 Å². The average molecular weight is 416 g/mol. The molecule has 0 N–H and O–H groups in total. The van der Waals surface area contributed by atoms with Crippen molar-refractivity contribution in [2.75, 3.05) is 18.0 Å². The maximum Gasteiger partial charge on any atom is 0.435 e. The second kappa shape index (κ2) is 8.21. The maximum atomic E-state index is 12.6. The maximum absolute atomic E-state index is 12.6. The quantitative estimate of drug-likeness (QED) is 0.651. The van der Waals surface area contributed by atoms with Gasteiger partial charge in [-0.3, -0.25) is 14.3 Å². The molecule has 0 bridgehead atoms. The van der Waals surface area contributed by atoms with E-state index in [9.17, 15) is 18.0 Å². The molecule has 30 heavy (non-hydrogen) atoms. The van der Waals surface area contributed by atoms with Crippen molar-refractivity contribution in [3.8, 4) is 11.3 Å². The Balaban J connectivity index is 1.36. The van der Waals surface area contributed by atoms with E-state index < -0.39 is 11.9 Å². The summed E-state index contributed by atoms with van der Waals surface area (Å²) >= 11 is 0. The van der Waals surface area contributed by atoms with Gasteiger partial charge in [-0.25, -0.2) is 4.98 Å². The smallest absolute Gasteiger partial charge is 0.355 e. The Hall–Kier alpha value is -3.30. The molecule has 0 unspecified atom stereocenters. The first-order valence-electron chi connectivity index (χ1n) is 9.53. The highest BCUT2D eigenvalue weighted by Crippen LogP contribution is 2.28. The predicted molar refractivity (Wildman–Crippen MR) is 104 cm³/mol. The number of alkyl halides is 3. The molecule has 1 aliphatic rings. The van der Waals surface area contributed by atoms with Gasteiger partial charge in [-0.2, -0.15) is 13.2 Å². The van der Waals surface area contributed by atoms with Crippen LogP contribution >= 0.6 is 0 Å². The highest BCUT2D eigenvalue weighted by Gasteiger charge is 2.33. The second-order valence-electron chi connectivity index (χ2n) is 7.21. The molecular formula is C20H19F3N6O. The molecule has 1 saturated heterocycles. The van der Waals surface area contributed by atoms with Gasteiger partial charge >= 0.3 is 6.18 Å². The first-order valence-corrected chi connectivity index (χ1v) is 9.53. The minimum atomic E-state index is -4.49. The van der Waals surface area contributed by atoms with Crippen molar-refractivity contribution >= 4 is 5.82 Å². The number of anilines is 1. The van der Waals surface area contributed by atoms with Crippen LogP contribution in [0.3, 0.4) is 0 Å². The van der Waals surface area contributed by atoms with E-state index in [0.29, 0.717) is 31.1 Å². The highest BCUT2D eigenvalue weighted by molar-refractivity contribution is 5.57. The van der Waals surface area contributed by atoms with E-state index in [-0.39, 0.29) is 11.5 Å². The third kappa shape index (κ3) is 4.47. The number of hydrogen-bond donors (Lipinski definition) is 0. The molecule has 0 spiro atoms. The van der Waals surface area contributed by atoms with Crippen LogP contribution in [0.1, 0.15) is 18.5 Å². The SMILES string of the molecule is O=c1cc(-c2ccncc2)ncn1CC1CCN(c2ccc(C(F)(F)F)nn2)CC1. The normalized spacial score (nSPS) is 15.4. The summed E-state index contributed by atoms with van der Waals surface area (Å²) in [5.74, 6) is 0.705. The molecule has 0 atom stereocenters. The molecule has 0 aliphatic carbocycles. The number of hydrogen-bond acceptors (Lipinski definition) is 6. The summed E-state index contributed by atoms with van der Waals surface area (Å²) in [7, 11) is 0. The first-order chi connectivity index (χ1) is 14.4. The third-order valence-corrected chi connectivity index (χ3v) is 5.19. The number of aromatic nitrogens is 5. The number of piperidine rings is 1. The molecule has 3 aromatic heterocycles. The van der Waals surface area contributed by atoms with Crippen LogP contribution in [0.2, 0.25) is 0 Å². The summed E-state index contributed by atoms with van der Waals surface area (Å²) in [4.78, 5) is 22.7. The van der Waals surface area contributed by atoms with Gasteiger partial charge in [0, 0.05) is 43.7 Å². The van der Waals surface area contributed by atoms with Gasteiger partial charge in [0.2, 0.25) is 0 Å². The highest BCUT2D eigenvalue weighted by atomic mass is 19.4. The number of nitrogens with zero attached hydrogens (tertiary/aromatic N) is 6. The van der Waals surface area contributed by atoms with Crippen LogP contribution in [0.4, 0.5) is 19.0 Å². The fourth-order valence-electron chi connectivity index (χ4n) is 3.51. The molecule has 1 aliphatic heterocycles. The van der Waals surface area contributed by atoms with Crippen molar-refractivity contribution in [1.82, 2.24) is 24.7 Å². The van der Waals surface area contributed by atoms with Crippen molar-refractivity contribution < 1.29 is 13.2 Å². The minimum Gasteiger partial charge on any atom is -0.355 e. The zero-order valence-electron chi connectivity index (χ0n) is 16.0. The van der Waals surface area contributed by atoms with Crippen molar-refractivity contribution in [3.05, 3.63) is 65.1 Å². The summed E-state index contributed by atoms with van der Waals surface area (Å²) in [6, 6.07) is 7.41. The van der Waals surface area contributed by atoms with Gasteiger partial charge in [-0.05, 0) is 43.0 Å². The van der Waals surface area contributed by atoms with E-state index in [0.717, 1.165) is 24.5 Å². The predicted octanol–water partition coefficient (Wildman–Crippen LogP) is 3.03. The molecule has 156 valence electrons. The topological polar surface area (TPSA) is 76.8 Å².